The molecular formula is C9H14ClN3. The first kappa shape index (κ1) is 10.3. The molecule has 0 spiro atoms. The molecule has 0 amide bonds. The molecule has 4 N–H and O–H groups in total. The Labute approximate surface area is 83.1 Å². The molecule has 1 aromatic heterocycles. The first-order valence-corrected chi connectivity index (χ1v) is 4.70. The summed E-state index contributed by atoms with van der Waals surface area (Å²) in [6.07, 6.45) is 1.94. The topological polar surface area (TPSA) is 64.9 Å². The zero-order chi connectivity index (χ0) is 9.84. The molecule has 13 heavy (non-hydrogen) atoms. The minimum Gasteiger partial charge on any atom is -0.383 e. The fourth-order valence-electron chi connectivity index (χ4n) is 1.24. The third kappa shape index (κ3) is 2.57. The van der Waals surface area contributed by atoms with Gasteiger partial charge in [0.2, 0.25) is 0 Å². The highest BCUT2D eigenvalue weighted by Crippen LogP contribution is 2.22. The monoisotopic (exact) mass is 199 g/mol. The minimum atomic E-state index is -0.0326. The maximum absolute atomic E-state index is 5.89. The summed E-state index contributed by atoms with van der Waals surface area (Å²) in [7, 11) is 0. The van der Waals surface area contributed by atoms with Gasteiger partial charge in [0.15, 0.2) is 0 Å². The van der Waals surface area contributed by atoms with Crippen molar-refractivity contribution < 1.29 is 0 Å². The van der Waals surface area contributed by atoms with Crippen LogP contribution in [0.3, 0.4) is 0 Å². The van der Waals surface area contributed by atoms with Crippen LogP contribution in [0.25, 0.3) is 0 Å². The van der Waals surface area contributed by atoms with Crippen LogP contribution >= 0.6 is 11.6 Å². The van der Waals surface area contributed by atoms with E-state index in [1.165, 1.54) is 0 Å². The molecule has 0 saturated carbocycles. The Hall–Kier alpha value is -0.800. The van der Waals surface area contributed by atoms with Crippen LogP contribution in [0.4, 0.5) is 5.82 Å². The van der Waals surface area contributed by atoms with Crippen LogP contribution in [0.15, 0.2) is 12.1 Å². The fourth-order valence-corrected chi connectivity index (χ4v) is 1.39. The summed E-state index contributed by atoms with van der Waals surface area (Å²) >= 11 is 5.67. The molecule has 0 bridgehead atoms. The van der Waals surface area contributed by atoms with Gasteiger partial charge in [-0.25, -0.2) is 4.98 Å². The van der Waals surface area contributed by atoms with Crippen LogP contribution in [0.1, 0.15) is 31.4 Å². The Kier molecular flexibility index (Phi) is 3.51. The molecule has 0 saturated heterocycles. The zero-order valence-electron chi connectivity index (χ0n) is 7.63. The van der Waals surface area contributed by atoms with Gasteiger partial charge in [0.1, 0.15) is 11.0 Å². The van der Waals surface area contributed by atoms with E-state index < -0.39 is 0 Å². The van der Waals surface area contributed by atoms with Crippen molar-refractivity contribution in [2.75, 3.05) is 5.73 Å². The van der Waals surface area contributed by atoms with Gasteiger partial charge in [-0.2, -0.15) is 0 Å². The van der Waals surface area contributed by atoms with Crippen molar-refractivity contribution in [1.82, 2.24) is 4.98 Å². The first-order chi connectivity index (χ1) is 6.15. The number of halogens is 1. The van der Waals surface area contributed by atoms with Gasteiger partial charge in [0, 0.05) is 11.6 Å². The summed E-state index contributed by atoms with van der Waals surface area (Å²) in [4.78, 5) is 3.94. The average molecular weight is 200 g/mol. The van der Waals surface area contributed by atoms with E-state index in [0.29, 0.717) is 11.0 Å². The number of nitrogens with two attached hydrogens (primary N) is 2. The molecule has 0 aliphatic heterocycles. The van der Waals surface area contributed by atoms with Gasteiger partial charge in [-0.05, 0) is 12.5 Å². The number of pyridine rings is 1. The van der Waals surface area contributed by atoms with E-state index in [1.54, 1.807) is 6.07 Å². The van der Waals surface area contributed by atoms with Crippen LogP contribution in [-0.4, -0.2) is 4.98 Å². The molecule has 0 radical (unpaired) electrons. The summed E-state index contributed by atoms with van der Waals surface area (Å²) in [5.74, 6) is 0.438. The molecular weight excluding hydrogens is 186 g/mol. The first-order valence-electron chi connectivity index (χ1n) is 4.32. The Morgan fingerprint density at radius 1 is 1.54 bits per heavy atom. The van der Waals surface area contributed by atoms with Crippen LogP contribution < -0.4 is 11.5 Å². The number of rotatable bonds is 3. The smallest absolute Gasteiger partial charge is 0.131 e. The number of hydrogen-bond acceptors (Lipinski definition) is 3. The predicted molar refractivity (Wildman–Crippen MR) is 55.5 cm³/mol. The van der Waals surface area contributed by atoms with Crippen LogP contribution in [0.2, 0.25) is 5.15 Å². The Morgan fingerprint density at radius 2 is 2.23 bits per heavy atom. The third-order valence-electron chi connectivity index (χ3n) is 1.92. The fraction of sp³-hybridized carbons (Fsp3) is 0.444. The van der Waals surface area contributed by atoms with Gasteiger partial charge in [-0.15, -0.1) is 0 Å². The second-order valence-electron chi connectivity index (χ2n) is 3.00. The zero-order valence-corrected chi connectivity index (χ0v) is 8.38. The SMILES string of the molecule is CCCC(N)c1ccc(Cl)nc1N. The van der Waals surface area contributed by atoms with Crippen LogP contribution in [0.5, 0.6) is 0 Å². The molecule has 0 aliphatic carbocycles. The Balaban J connectivity index is 2.88. The molecule has 0 aliphatic rings. The summed E-state index contributed by atoms with van der Waals surface area (Å²) in [5, 5.41) is 0.407. The third-order valence-corrected chi connectivity index (χ3v) is 2.13. The standard InChI is InChI=1S/C9H14ClN3/c1-2-3-7(11)6-4-5-8(10)13-9(6)12/h4-5,7H,2-3,11H2,1H3,(H2,12,13). The van der Waals surface area contributed by atoms with Crippen LogP contribution in [-0.2, 0) is 0 Å². The normalized spacial score (nSPS) is 12.8. The number of hydrogen-bond donors (Lipinski definition) is 2. The molecule has 4 heteroatoms. The van der Waals surface area contributed by atoms with Crippen molar-refractivity contribution in [3.63, 3.8) is 0 Å². The van der Waals surface area contributed by atoms with Gasteiger partial charge >= 0.3 is 0 Å². The number of anilines is 1. The predicted octanol–water partition coefficient (Wildman–Crippen LogP) is 2.12. The van der Waals surface area contributed by atoms with Gasteiger partial charge in [0.25, 0.3) is 0 Å². The second-order valence-corrected chi connectivity index (χ2v) is 3.39. The van der Waals surface area contributed by atoms with Gasteiger partial charge in [-0.1, -0.05) is 31.0 Å². The molecule has 1 rings (SSSR count). The highest BCUT2D eigenvalue weighted by molar-refractivity contribution is 6.29. The van der Waals surface area contributed by atoms with Crippen LogP contribution in [0, 0.1) is 0 Å². The highest BCUT2D eigenvalue weighted by Gasteiger charge is 2.09. The van der Waals surface area contributed by atoms with E-state index in [1.807, 2.05) is 6.07 Å². The maximum Gasteiger partial charge on any atom is 0.131 e. The summed E-state index contributed by atoms with van der Waals surface area (Å²) in [6, 6.07) is 3.52. The summed E-state index contributed by atoms with van der Waals surface area (Å²) in [6.45, 7) is 2.08. The highest BCUT2D eigenvalue weighted by atomic mass is 35.5. The van der Waals surface area contributed by atoms with E-state index in [9.17, 15) is 0 Å². The van der Waals surface area contributed by atoms with Crippen molar-refractivity contribution in [3.8, 4) is 0 Å². The average Bonchev–Trinajstić information content (AvgIpc) is 2.04. The van der Waals surface area contributed by atoms with Crippen molar-refractivity contribution >= 4 is 17.4 Å². The maximum atomic E-state index is 5.89. The van der Waals surface area contributed by atoms with Crippen molar-refractivity contribution in [1.29, 1.82) is 0 Å². The lowest BCUT2D eigenvalue weighted by atomic mass is 10.0. The lowest BCUT2D eigenvalue weighted by Gasteiger charge is -2.12. The van der Waals surface area contributed by atoms with E-state index in [-0.39, 0.29) is 6.04 Å². The lowest BCUT2D eigenvalue weighted by Crippen LogP contribution is -2.12. The van der Waals surface area contributed by atoms with Gasteiger partial charge in [0.05, 0.1) is 0 Å². The lowest BCUT2D eigenvalue weighted by molar-refractivity contribution is 0.638. The van der Waals surface area contributed by atoms with Crippen molar-refractivity contribution in [3.05, 3.63) is 22.8 Å². The molecule has 1 unspecified atom stereocenters. The molecule has 1 aromatic rings. The molecule has 3 nitrogen and oxygen atoms in total. The second kappa shape index (κ2) is 4.44. The van der Waals surface area contributed by atoms with E-state index in [2.05, 4.69) is 11.9 Å². The Bertz CT molecular complexity index is 288. The van der Waals surface area contributed by atoms with Gasteiger partial charge in [-0.3, -0.25) is 0 Å². The van der Waals surface area contributed by atoms with E-state index in [0.717, 1.165) is 18.4 Å². The quantitative estimate of drug-likeness (QED) is 0.733. The molecule has 0 aromatic carbocycles. The van der Waals surface area contributed by atoms with Crippen molar-refractivity contribution in [2.24, 2.45) is 5.73 Å². The van der Waals surface area contributed by atoms with E-state index in [4.69, 9.17) is 23.1 Å². The molecule has 1 heterocycles. The van der Waals surface area contributed by atoms with Crippen molar-refractivity contribution in [2.45, 2.75) is 25.8 Å². The molecule has 0 fully saturated rings. The largest absolute Gasteiger partial charge is 0.383 e. The number of nitrogens with zero attached hydrogens (tertiary/aromatic N) is 1. The molecule has 1 atom stereocenters. The minimum absolute atomic E-state index is 0.0326. The van der Waals surface area contributed by atoms with E-state index >= 15 is 0 Å². The molecule has 72 valence electrons. The number of nitrogen functional groups attached to an aromatic ring is 1. The number of aromatic nitrogens is 1. The van der Waals surface area contributed by atoms with Gasteiger partial charge < -0.3 is 11.5 Å². The summed E-state index contributed by atoms with van der Waals surface area (Å²) in [5.41, 5.74) is 12.5. The summed E-state index contributed by atoms with van der Waals surface area (Å²) < 4.78 is 0. The Morgan fingerprint density at radius 3 is 2.77 bits per heavy atom.